The second-order valence-corrected chi connectivity index (χ2v) is 7.82. The maximum Gasteiger partial charge on any atom is 0.265 e. The van der Waals surface area contributed by atoms with Crippen LogP contribution in [-0.4, -0.2) is 40.3 Å². The summed E-state index contributed by atoms with van der Waals surface area (Å²) >= 11 is 0. The lowest BCUT2D eigenvalue weighted by Crippen LogP contribution is -2.35. The fourth-order valence-electron chi connectivity index (χ4n) is 2.76. The van der Waals surface area contributed by atoms with Crippen molar-refractivity contribution < 1.29 is 22.7 Å². The molecule has 2 aromatic rings. The number of benzene rings is 2. The monoisotopic (exact) mass is 376 g/mol. The molecule has 1 aliphatic rings. The van der Waals surface area contributed by atoms with E-state index in [0.717, 1.165) is 6.26 Å². The summed E-state index contributed by atoms with van der Waals surface area (Å²) in [5, 5.41) is 2.79. The zero-order valence-corrected chi connectivity index (χ0v) is 15.3. The number of methoxy groups -OCH3 is 1. The first-order valence-corrected chi connectivity index (χ1v) is 9.91. The van der Waals surface area contributed by atoms with Crippen LogP contribution in [0.4, 0.5) is 11.4 Å². The van der Waals surface area contributed by atoms with Crippen molar-refractivity contribution in [1.29, 1.82) is 0 Å². The summed E-state index contributed by atoms with van der Waals surface area (Å²) in [5.41, 5.74) is 1.05. The Bertz CT molecular complexity index is 896. The van der Waals surface area contributed by atoms with Gasteiger partial charge >= 0.3 is 0 Å². The molecule has 2 aromatic carbocycles. The van der Waals surface area contributed by atoms with Gasteiger partial charge in [0.1, 0.15) is 11.5 Å². The van der Waals surface area contributed by atoms with E-state index in [2.05, 4.69) is 5.32 Å². The Morgan fingerprint density at radius 1 is 1.19 bits per heavy atom. The van der Waals surface area contributed by atoms with Crippen LogP contribution in [0.25, 0.3) is 0 Å². The van der Waals surface area contributed by atoms with Gasteiger partial charge < -0.3 is 14.8 Å². The summed E-state index contributed by atoms with van der Waals surface area (Å²) in [6.07, 6.45) is 0.579. The van der Waals surface area contributed by atoms with Crippen molar-refractivity contribution in [2.45, 2.75) is 12.5 Å². The molecule has 0 fully saturated rings. The molecule has 1 atom stereocenters. The molecule has 0 aliphatic carbocycles. The van der Waals surface area contributed by atoms with Crippen molar-refractivity contribution in [3.05, 3.63) is 48.5 Å². The van der Waals surface area contributed by atoms with E-state index in [1.807, 2.05) is 0 Å². The Morgan fingerprint density at radius 2 is 1.88 bits per heavy atom. The number of carbonyl (C=O) groups excluding carboxylic acids is 1. The number of nitrogens with one attached hydrogen (secondary N) is 1. The molecule has 8 heteroatoms. The molecular formula is C18H20N2O5S. The third kappa shape index (κ3) is 3.91. The zero-order valence-electron chi connectivity index (χ0n) is 14.5. The molecule has 1 N–H and O–H groups in total. The standard InChI is InChI=1S/C18H20N2O5S/c1-24-14-9-7-13(8-10-14)19-18(21)17-11-12-20(26(2,22)23)15-5-3-4-6-16(15)25-17/h3-10,17H,11-12H2,1-2H3,(H,19,21). The number of fused-ring (bicyclic) bond motifs is 1. The van der Waals surface area contributed by atoms with E-state index < -0.39 is 16.1 Å². The van der Waals surface area contributed by atoms with Crippen LogP contribution in [0.5, 0.6) is 11.5 Å². The number of ether oxygens (including phenoxy) is 2. The fourth-order valence-corrected chi connectivity index (χ4v) is 3.70. The fraction of sp³-hybridized carbons (Fsp3) is 0.278. The van der Waals surface area contributed by atoms with Crippen molar-refractivity contribution in [1.82, 2.24) is 0 Å². The molecule has 7 nitrogen and oxygen atoms in total. The number of hydrogen-bond acceptors (Lipinski definition) is 5. The van der Waals surface area contributed by atoms with E-state index in [1.165, 1.54) is 4.31 Å². The van der Waals surface area contributed by atoms with Crippen molar-refractivity contribution in [2.24, 2.45) is 0 Å². The van der Waals surface area contributed by atoms with Crippen LogP contribution in [0.2, 0.25) is 0 Å². The highest BCUT2D eigenvalue weighted by Gasteiger charge is 2.31. The quantitative estimate of drug-likeness (QED) is 0.885. The first-order valence-electron chi connectivity index (χ1n) is 8.07. The van der Waals surface area contributed by atoms with Crippen LogP contribution in [0.15, 0.2) is 48.5 Å². The Hall–Kier alpha value is -2.74. The van der Waals surface area contributed by atoms with Gasteiger partial charge in [0, 0.05) is 18.7 Å². The van der Waals surface area contributed by atoms with Crippen molar-refractivity contribution in [3.63, 3.8) is 0 Å². The maximum absolute atomic E-state index is 12.6. The highest BCUT2D eigenvalue weighted by Crippen LogP contribution is 2.34. The third-order valence-electron chi connectivity index (χ3n) is 4.05. The van der Waals surface area contributed by atoms with Crippen LogP contribution in [0, 0.1) is 0 Å². The number of para-hydroxylation sites is 2. The number of nitrogens with zero attached hydrogens (tertiary/aromatic N) is 1. The average molecular weight is 376 g/mol. The van der Waals surface area contributed by atoms with Crippen molar-refractivity contribution in [3.8, 4) is 11.5 Å². The minimum atomic E-state index is -3.47. The van der Waals surface area contributed by atoms with E-state index in [1.54, 1.807) is 55.6 Å². The van der Waals surface area contributed by atoms with E-state index in [4.69, 9.17) is 9.47 Å². The predicted molar refractivity (Wildman–Crippen MR) is 99.3 cm³/mol. The number of amides is 1. The molecule has 0 spiro atoms. The number of rotatable bonds is 4. The minimum Gasteiger partial charge on any atom is -0.497 e. The predicted octanol–water partition coefficient (Wildman–Crippen LogP) is 2.25. The largest absolute Gasteiger partial charge is 0.497 e. The van der Waals surface area contributed by atoms with E-state index in [-0.39, 0.29) is 18.9 Å². The normalized spacial score (nSPS) is 16.8. The molecule has 138 valence electrons. The van der Waals surface area contributed by atoms with Gasteiger partial charge in [0.2, 0.25) is 10.0 Å². The third-order valence-corrected chi connectivity index (χ3v) is 5.23. The lowest BCUT2D eigenvalue weighted by Gasteiger charge is -2.20. The molecular weight excluding hydrogens is 356 g/mol. The zero-order chi connectivity index (χ0) is 18.7. The van der Waals surface area contributed by atoms with Crippen molar-refractivity contribution in [2.75, 3.05) is 29.5 Å². The molecule has 0 aromatic heterocycles. The summed E-state index contributed by atoms with van der Waals surface area (Å²) in [6, 6.07) is 13.7. The molecule has 0 radical (unpaired) electrons. The van der Waals surface area contributed by atoms with Crippen LogP contribution in [0.3, 0.4) is 0 Å². The van der Waals surface area contributed by atoms with Crippen molar-refractivity contribution >= 4 is 27.3 Å². The Labute approximate surface area is 152 Å². The topological polar surface area (TPSA) is 84.9 Å². The SMILES string of the molecule is COc1ccc(NC(=O)C2CCN(S(C)(=O)=O)c3ccccc3O2)cc1. The summed E-state index contributed by atoms with van der Waals surface area (Å²) in [4.78, 5) is 12.6. The van der Waals surface area contributed by atoms with E-state index in [0.29, 0.717) is 22.9 Å². The minimum absolute atomic E-state index is 0.163. The van der Waals surface area contributed by atoms with Gasteiger partial charge in [0.05, 0.1) is 19.1 Å². The Morgan fingerprint density at radius 3 is 2.54 bits per heavy atom. The van der Waals surface area contributed by atoms with Gasteiger partial charge in [0.15, 0.2) is 6.10 Å². The van der Waals surface area contributed by atoms with Crippen LogP contribution >= 0.6 is 0 Å². The molecule has 0 bridgehead atoms. The molecule has 1 amide bonds. The number of anilines is 2. The molecule has 1 aliphatic heterocycles. The second-order valence-electron chi connectivity index (χ2n) is 5.92. The van der Waals surface area contributed by atoms with Gasteiger partial charge in [-0.25, -0.2) is 8.42 Å². The number of carbonyl (C=O) groups is 1. The lowest BCUT2D eigenvalue weighted by molar-refractivity contribution is -0.122. The summed E-state index contributed by atoms with van der Waals surface area (Å²) < 4.78 is 36.4. The Balaban J connectivity index is 1.80. The first kappa shape index (κ1) is 18.1. The van der Waals surface area contributed by atoms with E-state index >= 15 is 0 Å². The van der Waals surface area contributed by atoms with Gasteiger partial charge in [0.25, 0.3) is 5.91 Å². The highest BCUT2D eigenvalue weighted by atomic mass is 32.2. The molecule has 1 unspecified atom stereocenters. The molecule has 1 heterocycles. The molecule has 0 saturated carbocycles. The van der Waals surface area contributed by atoms with Crippen LogP contribution in [0.1, 0.15) is 6.42 Å². The average Bonchev–Trinajstić information content (AvgIpc) is 2.82. The summed E-state index contributed by atoms with van der Waals surface area (Å²) in [5.74, 6) is 0.720. The lowest BCUT2D eigenvalue weighted by atomic mass is 10.2. The van der Waals surface area contributed by atoms with Gasteiger partial charge in [-0.05, 0) is 36.4 Å². The van der Waals surface area contributed by atoms with Gasteiger partial charge in [-0.1, -0.05) is 12.1 Å². The number of sulfonamides is 1. The second kappa shape index (κ2) is 7.25. The molecule has 26 heavy (non-hydrogen) atoms. The number of hydrogen-bond donors (Lipinski definition) is 1. The first-order chi connectivity index (χ1) is 12.4. The van der Waals surface area contributed by atoms with E-state index in [9.17, 15) is 13.2 Å². The Kier molecular flexibility index (Phi) is 5.03. The molecule has 0 saturated heterocycles. The van der Waals surface area contributed by atoms with Gasteiger partial charge in [-0.3, -0.25) is 9.10 Å². The van der Waals surface area contributed by atoms with Crippen LogP contribution < -0.4 is 19.1 Å². The smallest absolute Gasteiger partial charge is 0.265 e. The molecule has 3 rings (SSSR count). The van der Waals surface area contributed by atoms with Gasteiger partial charge in [-0.15, -0.1) is 0 Å². The van der Waals surface area contributed by atoms with Crippen LogP contribution in [-0.2, 0) is 14.8 Å². The highest BCUT2D eigenvalue weighted by molar-refractivity contribution is 7.92. The summed E-state index contributed by atoms with van der Waals surface area (Å²) in [6.45, 7) is 0.163. The van der Waals surface area contributed by atoms with Gasteiger partial charge in [-0.2, -0.15) is 0 Å². The maximum atomic E-state index is 12.6. The summed E-state index contributed by atoms with van der Waals surface area (Å²) in [7, 11) is -1.90.